The third-order valence-electron chi connectivity index (χ3n) is 7.53. The lowest BCUT2D eigenvalue weighted by molar-refractivity contribution is 0.0968. The second kappa shape index (κ2) is 12.2. The molecule has 0 N–H and O–H groups in total. The summed E-state index contributed by atoms with van der Waals surface area (Å²) in [5.74, 6) is 3.23. The highest BCUT2D eigenvalue weighted by Crippen LogP contribution is 2.34. The molecule has 4 rings (SSSR count). The van der Waals surface area contributed by atoms with Gasteiger partial charge >= 0.3 is 0 Å². The largest absolute Gasteiger partial charge is 0.488 e. The minimum Gasteiger partial charge on any atom is -0.488 e. The van der Waals surface area contributed by atoms with Gasteiger partial charge < -0.3 is 9.47 Å². The lowest BCUT2D eigenvalue weighted by atomic mass is 9.96. The van der Waals surface area contributed by atoms with Crippen LogP contribution >= 0.6 is 0 Å². The topological polar surface area (TPSA) is 18.5 Å². The van der Waals surface area contributed by atoms with E-state index in [4.69, 9.17) is 9.47 Å². The molecule has 0 spiro atoms. The van der Waals surface area contributed by atoms with Gasteiger partial charge in [0.1, 0.15) is 22.7 Å². The van der Waals surface area contributed by atoms with Crippen molar-refractivity contribution in [1.82, 2.24) is 0 Å². The summed E-state index contributed by atoms with van der Waals surface area (Å²) >= 11 is 0. The molecule has 0 amide bonds. The van der Waals surface area contributed by atoms with E-state index in [9.17, 15) is 0 Å². The first-order chi connectivity index (χ1) is 17.0. The van der Waals surface area contributed by atoms with Crippen molar-refractivity contribution in [2.75, 3.05) is 0 Å². The molecule has 3 aromatic rings. The zero-order valence-corrected chi connectivity index (χ0v) is 24.0. The van der Waals surface area contributed by atoms with Crippen LogP contribution in [0.15, 0.2) is 60.7 Å². The highest BCUT2D eigenvalue weighted by molar-refractivity contribution is 5.84. The predicted octanol–water partition coefficient (Wildman–Crippen LogP) is 10.4. The normalized spacial score (nSPS) is 16.7. The zero-order chi connectivity index (χ0) is 26.3. The predicted molar refractivity (Wildman–Crippen MR) is 156 cm³/mol. The summed E-state index contributed by atoms with van der Waals surface area (Å²) in [7, 11) is 0. The Labute approximate surface area is 220 Å². The van der Waals surface area contributed by atoms with Gasteiger partial charge in [-0.1, -0.05) is 64.1 Å². The van der Waals surface area contributed by atoms with Gasteiger partial charge in [0.25, 0.3) is 0 Å². The van der Waals surface area contributed by atoms with Gasteiger partial charge in [-0.3, -0.25) is 0 Å². The van der Waals surface area contributed by atoms with Gasteiger partial charge in [-0.2, -0.15) is 0 Å². The van der Waals surface area contributed by atoms with Crippen LogP contribution in [0.2, 0.25) is 0 Å². The minimum absolute atomic E-state index is 0.0812. The van der Waals surface area contributed by atoms with Gasteiger partial charge in [-0.15, -0.1) is 0 Å². The molecule has 0 aliphatic heterocycles. The Morgan fingerprint density at radius 2 is 1.22 bits per heavy atom. The first kappa shape index (κ1) is 28.1. The van der Waals surface area contributed by atoms with Crippen LogP contribution in [-0.4, -0.2) is 11.2 Å². The average Bonchev–Trinajstić information content (AvgIpc) is 3.28. The molecule has 196 valence electrons. The van der Waals surface area contributed by atoms with Crippen LogP contribution in [0.3, 0.4) is 0 Å². The number of benzene rings is 3. The second-order valence-corrected chi connectivity index (χ2v) is 11.9. The molecule has 2 atom stereocenters. The second-order valence-electron chi connectivity index (χ2n) is 11.9. The third kappa shape index (κ3) is 8.02. The van der Waals surface area contributed by atoms with Crippen molar-refractivity contribution in [3.8, 4) is 11.5 Å². The molecule has 36 heavy (non-hydrogen) atoms. The summed E-state index contributed by atoms with van der Waals surface area (Å²) in [6.07, 6.45) is 7.37. The monoisotopic (exact) mass is 488 g/mol. The maximum Gasteiger partial charge on any atom is 0.120 e. The molecular formula is C34H48O2. The van der Waals surface area contributed by atoms with Gasteiger partial charge in [-0.05, 0) is 124 Å². The number of hydrogen-bond donors (Lipinski definition) is 0. The molecule has 1 aliphatic carbocycles. The summed E-state index contributed by atoms with van der Waals surface area (Å²) < 4.78 is 12.0. The smallest absolute Gasteiger partial charge is 0.120 e. The van der Waals surface area contributed by atoms with Crippen molar-refractivity contribution in [2.24, 2.45) is 0 Å². The molecular weight excluding hydrogens is 440 g/mol. The Morgan fingerprint density at radius 3 is 1.81 bits per heavy atom. The lowest BCUT2D eigenvalue weighted by Gasteiger charge is -2.25. The molecule has 2 unspecified atom stereocenters. The summed E-state index contributed by atoms with van der Waals surface area (Å²) in [4.78, 5) is 0. The van der Waals surface area contributed by atoms with Gasteiger partial charge in [0.15, 0.2) is 0 Å². The molecule has 1 saturated carbocycles. The number of ether oxygens (including phenoxy) is 2. The van der Waals surface area contributed by atoms with E-state index >= 15 is 0 Å². The molecule has 0 aromatic heterocycles. The molecule has 2 heteroatoms. The van der Waals surface area contributed by atoms with E-state index in [1.807, 2.05) is 0 Å². The zero-order valence-electron chi connectivity index (χ0n) is 24.0. The van der Waals surface area contributed by atoms with Crippen molar-refractivity contribution in [1.29, 1.82) is 0 Å². The molecule has 1 fully saturated rings. The minimum atomic E-state index is -0.148. The van der Waals surface area contributed by atoms with Crippen molar-refractivity contribution >= 4 is 10.8 Å². The summed E-state index contributed by atoms with van der Waals surface area (Å²) in [5.41, 5.74) is 2.76. The highest BCUT2D eigenvalue weighted by atomic mass is 16.5. The van der Waals surface area contributed by atoms with Gasteiger partial charge in [0.2, 0.25) is 0 Å². The SMILES string of the molecule is CCC(C)c1ccc(OC2(C)CCCC2)cc1.CCC(C)c1ccc2cc(OC(C)(C)C)ccc2c1. The van der Waals surface area contributed by atoms with Crippen molar-refractivity contribution < 1.29 is 9.47 Å². The Kier molecular flexibility index (Phi) is 9.50. The highest BCUT2D eigenvalue weighted by Gasteiger charge is 2.30. The molecule has 0 saturated heterocycles. The first-order valence-corrected chi connectivity index (χ1v) is 14.0. The van der Waals surface area contributed by atoms with Crippen molar-refractivity contribution in [2.45, 2.75) is 117 Å². The van der Waals surface area contributed by atoms with Crippen LogP contribution in [0.25, 0.3) is 10.8 Å². The molecule has 0 bridgehead atoms. The maximum absolute atomic E-state index is 6.13. The van der Waals surface area contributed by atoms with Crippen molar-refractivity contribution in [3.05, 3.63) is 71.8 Å². The molecule has 1 aliphatic rings. The van der Waals surface area contributed by atoms with E-state index in [1.54, 1.807) is 0 Å². The summed E-state index contributed by atoms with van der Waals surface area (Å²) in [6, 6.07) is 21.8. The molecule has 0 heterocycles. The number of hydrogen-bond acceptors (Lipinski definition) is 2. The summed E-state index contributed by atoms with van der Waals surface area (Å²) in [6.45, 7) is 17.5. The number of fused-ring (bicyclic) bond motifs is 1. The van der Waals surface area contributed by atoms with E-state index in [-0.39, 0.29) is 11.2 Å². The fourth-order valence-corrected chi connectivity index (χ4v) is 4.81. The Bertz CT molecular complexity index is 1080. The first-order valence-electron chi connectivity index (χ1n) is 14.0. The van der Waals surface area contributed by atoms with Gasteiger partial charge in [0, 0.05) is 0 Å². The lowest BCUT2D eigenvalue weighted by Crippen LogP contribution is -2.27. The van der Waals surface area contributed by atoms with Crippen LogP contribution in [-0.2, 0) is 0 Å². The average molecular weight is 489 g/mol. The van der Waals surface area contributed by atoms with Crippen LogP contribution in [0.4, 0.5) is 0 Å². The Balaban J connectivity index is 0.000000202. The van der Waals surface area contributed by atoms with Crippen LogP contribution in [0, 0.1) is 0 Å². The van der Waals surface area contributed by atoms with Gasteiger partial charge in [0.05, 0.1) is 0 Å². The van der Waals surface area contributed by atoms with E-state index in [2.05, 4.69) is 116 Å². The maximum atomic E-state index is 6.13. The molecule has 3 aromatic carbocycles. The fraction of sp³-hybridized carbons (Fsp3) is 0.529. The van der Waals surface area contributed by atoms with Gasteiger partial charge in [-0.25, -0.2) is 0 Å². The quantitative estimate of drug-likeness (QED) is 0.329. The van der Waals surface area contributed by atoms with E-state index in [1.165, 1.54) is 60.4 Å². The van der Waals surface area contributed by atoms with Crippen LogP contribution in [0.5, 0.6) is 11.5 Å². The number of rotatable bonds is 7. The Hall–Kier alpha value is -2.48. The third-order valence-corrected chi connectivity index (χ3v) is 7.53. The van der Waals surface area contributed by atoms with E-state index in [0.29, 0.717) is 11.8 Å². The van der Waals surface area contributed by atoms with Crippen LogP contribution in [0.1, 0.15) is 117 Å². The van der Waals surface area contributed by atoms with Crippen LogP contribution < -0.4 is 9.47 Å². The fourth-order valence-electron chi connectivity index (χ4n) is 4.81. The summed E-state index contributed by atoms with van der Waals surface area (Å²) in [5, 5.41) is 2.54. The standard InChI is InChI=1S/C18H24O.C16H24O/c1-6-13(2)14-7-8-16-12-17(19-18(3,4)5)10-9-15(16)11-14;1-4-13(2)14-7-9-15(10-8-14)17-16(3)11-5-6-12-16/h7-13H,6H2,1-5H3;7-10,13H,4-6,11-12H2,1-3H3. The van der Waals surface area contributed by atoms with Crippen molar-refractivity contribution in [3.63, 3.8) is 0 Å². The Morgan fingerprint density at radius 1 is 0.722 bits per heavy atom. The molecule has 0 radical (unpaired) electrons. The van der Waals surface area contributed by atoms with E-state index < -0.39 is 0 Å². The van der Waals surface area contributed by atoms with E-state index in [0.717, 1.165) is 11.5 Å². The molecule has 2 nitrogen and oxygen atoms in total.